The first-order chi connectivity index (χ1) is 7.81. The van der Waals surface area contributed by atoms with E-state index in [-0.39, 0.29) is 0 Å². The number of thiophene rings is 1. The third-order valence-corrected chi connectivity index (χ3v) is 4.35. The summed E-state index contributed by atoms with van der Waals surface area (Å²) in [7, 11) is 0. The zero-order valence-corrected chi connectivity index (χ0v) is 11.1. The Morgan fingerprint density at radius 1 is 1.38 bits per heavy atom. The van der Waals surface area contributed by atoms with Crippen molar-refractivity contribution in [2.24, 2.45) is 0 Å². The molecule has 1 aromatic heterocycles. The van der Waals surface area contributed by atoms with E-state index in [9.17, 15) is 0 Å². The van der Waals surface area contributed by atoms with Gasteiger partial charge in [0, 0.05) is 42.0 Å². The minimum Gasteiger partial charge on any atom is -0.314 e. The number of aryl methyl sites for hydroxylation is 1. The smallest absolute Gasteiger partial charge is 0.0442 e. The van der Waals surface area contributed by atoms with Crippen molar-refractivity contribution in [2.45, 2.75) is 32.7 Å². The number of nitrogens with zero attached hydrogens (tertiary/aromatic N) is 1. The molecule has 2 heterocycles. The molecule has 2 rings (SSSR count). The average Bonchev–Trinajstić information content (AvgIpc) is 2.74. The van der Waals surface area contributed by atoms with Gasteiger partial charge < -0.3 is 5.32 Å². The summed E-state index contributed by atoms with van der Waals surface area (Å²) in [6.07, 6.45) is 2.56. The summed E-state index contributed by atoms with van der Waals surface area (Å²) in [6.45, 7) is 9.17. The highest BCUT2D eigenvalue weighted by atomic mass is 32.1. The highest BCUT2D eigenvalue weighted by molar-refractivity contribution is 7.12. The first kappa shape index (κ1) is 12.1. The van der Waals surface area contributed by atoms with Crippen LogP contribution in [0.1, 0.15) is 35.6 Å². The molecule has 0 radical (unpaired) electrons. The summed E-state index contributed by atoms with van der Waals surface area (Å²) in [5.41, 5.74) is 0. The van der Waals surface area contributed by atoms with Crippen molar-refractivity contribution in [3.8, 4) is 0 Å². The molecule has 0 aliphatic carbocycles. The van der Waals surface area contributed by atoms with E-state index in [1.807, 2.05) is 11.3 Å². The predicted molar refractivity (Wildman–Crippen MR) is 71.1 cm³/mol. The van der Waals surface area contributed by atoms with Crippen molar-refractivity contribution in [3.63, 3.8) is 0 Å². The summed E-state index contributed by atoms with van der Waals surface area (Å²) >= 11 is 1.97. The van der Waals surface area contributed by atoms with Crippen LogP contribution in [0.15, 0.2) is 12.1 Å². The van der Waals surface area contributed by atoms with Gasteiger partial charge in [-0.2, -0.15) is 0 Å². The molecule has 0 amide bonds. The minimum absolute atomic E-state index is 0.658. The van der Waals surface area contributed by atoms with Crippen LogP contribution in [-0.4, -0.2) is 31.1 Å². The Hall–Kier alpha value is -0.380. The summed E-state index contributed by atoms with van der Waals surface area (Å²) in [5.74, 6) is 0. The molecule has 1 fully saturated rings. The molecule has 1 saturated heterocycles. The van der Waals surface area contributed by atoms with E-state index in [1.165, 1.54) is 30.8 Å². The zero-order chi connectivity index (χ0) is 11.4. The Morgan fingerprint density at radius 3 is 2.69 bits per heavy atom. The van der Waals surface area contributed by atoms with E-state index in [1.54, 1.807) is 4.88 Å². The molecule has 3 heteroatoms. The number of hydrogen-bond acceptors (Lipinski definition) is 3. The molecule has 90 valence electrons. The molecule has 1 aliphatic heterocycles. The van der Waals surface area contributed by atoms with Crippen molar-refractivity contribution in [2.75, 3.05) is 26.2 Å². The third-order valence-electron chi connectivity index (χ3n) is 3.24. The van der Waals surface area contributed by atoms with Crippen LogP contribution < -0.4 is 5.32 Å². The molecule has 2 nitrogen and oxygen atoms in total. The van der Waals surface area contributed by atoms with Gasteiger partial charge in [-0.25, -0.2) is 0 Å². The normalized spacial score (nSPS) is 19.9. The van der Waals surface area contributed by atoms with Gasteiger partial charge in [-0.3, -0.25) is 4.90 Å². The Kier molecular flexibility index (Phi) is 4.38. The SMILES string of the molecule is CCC[C@H](c1ccc(C)s1)N1CCNCC1. The summed E-state index contributed by atoms with van der Waals surface area (Å²) in [6, 6.07) is 5.23. The number of nitrogens with one attached hydrogen (secondary N) is 1. The maximum Gasteiger partial charge on any atom is 0.0442 e. The molecule has 16 heavy (non-hydrogen) atoms. The van der Waals surface area contributed by atoms with Gasteiger partial charge in [-0.05, 0) is 25.5 Å². The second-order valence-corrected chi connectivity index (χ2v) is 5.86. The van der Waals surface area contributed by atoms with Gasteiger partial charge >= 0.3 is 0 Å². The lowest BCUT2D eigenvalue weighted by atomic mass is 10.1. The van der Waals surface area contributed by atoms with E-state index in [4.69, 9.17) is 0 Å². The molecule has 1 aromatic rings. The predicted octanol–water partition coefficient (Wildman–Crippen LogP) is 2.80. The van der Waals surface area contributed by atoms with Crippen molar-refractivity contribution >= 4 is 11.3 Å². The molecule has 0 unspecified atom stereocenters. The van der Waals surface area contributed by atoms with Crippen molar-refractivity contribution in [1.82, 2.24) is 10.2 Å². The quantitative estimate of drug-likeness (QED) is 0.868. The number of hydrogen-bond donors (Lipinski definition) is 1. The Morgan fingerprint density at radius 2 is 2.12 bits per heavy atom. The first-order valence-corrected chi connectivity index (χ1v) is 7.14. The molecule has 0 spiro atoms. The van der Waals surface area contributed by atoms with Crippen LogP contribution in [-0.2, 0) is 0 Å². The van der Waals surface area contributed by atoms with Gasteiger partial charge in [0.05, 0.1) is 0 Å². The summed E-state index contributed by atoms with van der Waals surface area (Å²) in [5, 5.41) is 3.43. The second kappa shape index (κ2) is 5.80. The molecular weight excluding hydrogens is 216 g/mol. The summed E-state index contributed by atoms with van der Waals surface area (Å²) in [4.78, 5) is 5.64. The van der Waals surface area contributed by atoms with Gasteiger partial charge in [-0.15, -0.1) is 11.3 Å². The van der Waals surface area contributed by atoms with Crippen molar-refractivity contribution in [3.05, 3.63) is 21.9 Å². The molecule has 1 N–H and O–H groups in total. The Bertz CT molecular complexity index is 315. The maximum absolute atomic E-state index is 3.43. The second-order valence-electron chi connectivity index (χ2n) is 4.54. The van der Waals surface area contributed by atoms with Crippen LogP contribution in [0.3, 0.4) is 0 Å². The molecule has 0 bridgehead atoms. The topological polar surface area (TPSA) is 15.3 Å². The average molecular weight is 238 g/mol. The monoisotopic (exact) mass is 238 g/mol. The largest absolute Gasteiger partial charge is 0.314 e. The van der Waals surface area contributed by atoms with Crippen LogP contribution in [0, 0.1) is 6.92 Å². The van der Waals surface area contributed by atoms with Gasteiger partial charge in [0.2, 0.25) is 0 Å². The van der Waals surface area contributed by atoms with Crippen LogP contribution in [0.5, 0.6) is 0 Å². The Balaban J connectivity index is 2.09. The molecule has 0 aromatic carbocycles. The van der Waals surface area contributed by atoms with Crippen LogP contribution in [0.25, 0.3) is 0 Å². The molecular formula is C13H22N2S. The fraction of sp³-hybridized carbons (Fsp3) is 0.692. The highest BCUT2D eigenvalue weighted by Gasteiger charge is 2.22. The van der Waals surface area contributed by atoms with E-state index >= 15 is 0 Å². The summed E-state index contributed by atoms with van der Waals surface area (Å²) < 4.78 is 0. The van der Waals surface area contributed by atoms with E-state index in [0.717, 1.165) is 13.1 Å². The highest BCUT2D eigenvalue weighted by Crippen LogP contribution is 2.31. The van der Waals surface area contributed by atoms with Crippen LogP contribution in [0.2, 0.25) is 0 Å². The lowest BCUT2D eigenvalue weighted by Gasteiger charge is -2.34. The minimum atomic E-state index is 0.658. The Labute approximate surface area is 103 Å². The van der Waals surface area contributed by atoms with Gasteiger partial charge in [0.15, 0.2) is 0 Å². The van der Waals surface area contributed by atoms with Crippen molar-refractivity contribution in [1.29, 1.82) is 0 Å². The van der Waals surface area contributed by atoms with Gasteiger partial charge in [-0.1, -0.05) is 13.3 Å². The fourth-order valence-electron chi connectivity index (χ4n) is 2.40. The number of piperazine rings is 1. The molecule has 1 atom stereocenters. The lowest BCUT2D eigenvalue weighted by molar-refractivity contribution is 0.167. The van der Waals surface area contributed by atoms with Crippen molar-refractivity contribution < 1.29 is 0 Å². The standard InChI is InChI=1S/C13H22N2S/c1-3-4-12(13-6-5-11(2)16-13)15-9-7-14-8-10-15/h5-6,12,14H,3-4,7-10H2,1-2H3/t12-/m1/s1. The molecule has 0 saturated carbocycles. The number of rotatable bonds is 4. The van der Waals surface area contributed by atoms with Crippen LogP contribution >= 0.6 is 11.3 Å². The zero-order valence-electron chi connectivity index (χ0n) is 10.3. The van der Waals surface area contributed by atoms with E-state index in [0.29, 0.717) is 6.04 Å². The lowest BCUT2D eigenvalue weighted by Crippen LogP contribution is -2.44. The van der Waals surface area contributed by atoms with Gasteiger partial charge in [0.1, 0.15) is 0 Å². The fourth-order valence-corrected chi connectivity index (χ4v) is 3.45. The first-order valence-electron chi connectivity index (χ1n) is 6.32. The van der Waals surface area contributed by atoms with Gasteiger partial charge in [0.25, 0.3) is 0 Å². The van der Waals surface area contributed by atoms with E-state index in [2.05, 4.69) is 36.2 Å². The third kappa shape index (κ3) is 2.84. The van der Waals surface area contributed by atoms with Crippen LogP contribution in [0.4, 0.5) is 0 Å². The molecule has 1 aliphatic rings. The maximum atomic E-state index is 3.43. The van der Waals surface area contributed by atoms with E-state index < -0.39 is 0 Å².